The largest absolute Gasteiger partial charge is 0.318 e. The second-order valence-electron chi connectivity index (χ2n) is 8.29. The first kappa shape index (κ1) is 25.3. The third-order valence-corrected chi connectivity index (χ3v) is 7.87. The highest BCUT2D eigenvalue weighted by molar-refractivity contribution is 7.92. The number of anilines is 2. The van der Waals surface area contributed by atoms with Crippen molar-refractivity contribution in [1.29, 1.82) is 0 Å². The zero-order valence-corrected chi connectivity index (χ0v) is 21.5. The zero-order valence-electron chi connectivity index (χ0n) is 20.0. The maximum atomic E-state index is 13.5. The van der Waals surface area contributed by atoms with Crippen LogP contribution in [0.25, 0.3) is 5.69 Å². The number of amides is 1. The Kier molecular flexibility index (Phi) is 7.05. The minimum absolute atomic E-state index is 0.0400. The lowest BCUT2D eigenvalue weighted by Gasteiger charge is -2.24. The van der Waals surface area contributed by atoms with E-state index < -0.39 is 28.0 Å². The molecule has 10 heteroatoms. The molecule has 1 N–H and O–H groups in total. The predicted octanol–water partition coefficient (Wildman–Crippen LogP) is 4.28. The van der Waals surface area contributed by atoms with Gasteiger partial charge >= 0.3 is 0 Å². The fraction of sp³-hybridized carbons (Fsp3) is 0.154. The van der Waals surface area contributed by atoms with Crippen molar-refractivity contribution in [3.05, 3.63) is 105 Å². The number of sulfonamides is 1. The van der Waals surface area contributed by atoms with Gasteiger partial charge in [0.1, 0.15) is 12.2 Å². The smallest absolute Gasteiger partial charge is 0.295 e. The highest BCUT2D eigenvalue weighted by Gasteiger charge is 2.28. The van der Waals surface area contributed by atoms with Crippen LogP contribution in [0.15, 0.2) is 88.6 Å². The maximum Gasteiger partial charge on any atom is 0.295 e. The van der Waals surface area contributed by atoms with Crippen molar-refractivity contribution in [3.63, 3.8) is 0 Å². The van der Waals surface area contributed by atoms with Crippen LogP contribution in [-0.2, 0) is 21.9 Å². The van der Waals surface area contributed by atoms with Gasteiger partial charge in [-0.1, -0.05) is 47.5 Å². The molecular weight excluding hydrogens is 500 g/mol. The summed E-state index contributed by atoms with van der Waals surface area (Å²) >= 11 is 5.99. The van der Waals surface area contributed by atoms with E-state index in [1.54, 1.807) is 55.1 Å². The van der Waals surface area contributed by atoms with Gasteiger partial charge in [0.25, 0.3) is 15.6 Å². The van der Waals surface area contributed by atoms with E-state index in [0.717, 1.165) is 9.87 Å². The predicted molar refractivity (Wildman–Crippen MR) is 142 cm³/mol. The standard InChI is InChI=1S/C26H25ClN4O4S/c1-18-9-15-23(16-10-18)36(34,35)30(21-13-11-20(27)12-14-21)17-24(32)28-25-19(2)29(3)31(26(25)33)22-7-5-4-6-8-22/h4-16H,17H2,1-3H3,(H,28,32). The number of para-hydroxylation sites is 1. The lowest BCUT2D eigenvalue weighted by molar-refractivity contribution is -0.114. The maximum absolute atomic E-state index is 13.5. The van der Waals surface area contributed by atoms with Crippen molar-refractivity contribution in [2.75, 3.05) is 16.2 Å². The Morgan fingerprint density at radius 1 is 0.944 bits per heavy atom. The molecule has 8 nitrogen and oxygen atoms in total. The number of aryl methyl sites for hydroxylation is 1. The molecule has 36 heavy (non-hydrogen) atoms. The topological polar surface area (TPSA) is 93.4 Å². The number of nitrogens with one attached hydrogen (secondary N) is 1. The van der Waals surface area contributed by atoms with E-state index >= 15 is 0 Å². The molecule has 4 rings (SSSR count). The van der Waals surface area contributed by atoms with Crippen molar-refractivity contribution >= 4 is 38.9 Å². The minimum Gasteiger partial charge on any atom is -0.318 e. The van der Waals surface area contributed by atoms with Crippen LogP contribution in [0.3, 0.4) is 0 Å². The molecule has 0 saturated carbocycles. The first-order valence-electron chi connectivity index (χ1n) is 11.1. The number of hydrogen-bond donors (Lipinski definition) is 1. The van der Waals surface area contributed by atoms with Crippen LogP contribution in [0.5, 0.6) is 0 Å². The average molecular weight is 525 g/mol. The molecule has 1 aromatic heterocycles. The molecule has 1 heterocycles. The van der Waals surface area contributed by atoms with E-state index in [9.17, 15) is 18.0 Å². The summed E-state index contributed by atoms with van der Waals surface area (Å²) in [5.74, 6) is -0.661. The average Bonchev–Trinajstić information content (AvgIpc) is 3.07. The normalized spacial score (nSPS) is 11.3. The Morgan fingerprint density at radius 3 is 2.17 bits per heavy atom. The van der Waals surface area contributed by atoms with E-state index in [0.29, 0.717) is 16.4 Å². The third kappa shape index (κ3) is 4.93. The highest BCUT2D eigenvalue weighted by Crippen LogP contribution is 2.26. The van der Waals surface area contributed by atoms with E-state index in [-0.39, 0.29) is 16.3 Å². The first-order chi connectivity index (χ1) is 17.1. The molecule has 0 spiro atoms. The summed E-state index contributed by atoms with van der Waals surface area (Å²) in [6.07, 6.45) is 0. The van der Waals surface area contributed by atoms with Crippen molar-refractivity contribution in [1.82, 2.24) is 9.36 Å². The Labute approximate surface area is 214 Å². The molecule has 0 bridgehead atoms. The van der Waals surface area contributed by atoms with Crippen LogP contribution in [0.2, 0.25) is 5.02 Å². The summed E-state index contributed by atoms with van der Waals surface area (Å²) in [5, 5.41) is 3.06. The summed E-state index contributed by atoms with van der Waals surface area (Å²) in [5.41, 5.74) is 1.99. The molecule has 0 aliphatic rings. The SMILES string of the molecule is Cc1ccc(S(=O)(=O)N(CC(=O)Nc2c(C)n(C)n(-c3ccccc3)c2=O)c2ccc(Cl)cc2)cc1. The summed E-state index contributed by atoms with van der Waals surface area (Å²) in [6, 6.07) is 21.5. The molecule has 0 radical (unpaired) electrons. The van der Waals surface area contributed by atoms with Crippen LogP contribution in [0.4, 0.5) is 11.4 Å². The Morgan fingerprint density at radius 2 is 1.56 bits per heavy atom. The third-order valence-electron chi connectivity index (χ3n) is 5.83. The number of rotatable bonds is 7. The van der Waals surface area contributed by atoms with Gasteiger partial charge in [-0.15, -0.1) is 0 Å². The molecule has 3 aromatic carbocycles. The number of halogens is 1. The second kappa shape index (κ2) is 10.0. The quantitative estimate of drug-likeness (QED) is 0.390. The molecule has 0 atom stereocenters. The van der Waals surface area contributed by atoms with Gasteiger partial charge in [0.05, 0.1) is 22.0 Å². The second-order valence-corrected chi connectivity index (χ2v) is 10.6. The van der Waals surface area contributed by atoms with Crippen LogP contribution in [-0.4, -0.2) is 30.2 Å². The number of aromatic nitrogens is 2. The molecule has 0 saturated heterocycles. The molecule has 186 valence electrons. The zero-order chi connectivity index (χ0) is 26.0. The fourth-order valence-corrected chi connectivity index (χ4v) is 5.33. The lowest BCUT2D eigenvalue weighted by atomic mass is 10.2. The summed E-state index contributed by atoms with van der Waals surface area (Å²) < 4.78 is 31.1. The van der Waals surface area contributed by atoms with Gasteiger partial charge < -0.3 is 5.32 Å². The van der Waals surface area contributed by atoms with Gasteiger partial charge in [-0.2, -0.15) is 0 Å². The first-order valence-corrected chi connectivity index (χ1v) is 12.9. The molecule has 0 fully saturated rings. The van der Waals surface area contributed by atoms with Gasteiger partial charge in [0, 0.05) is 12.1 Å². The van der Waals surface area contributed by atoms with E-state index in [2.05, 4.69) is 5.32 Å². The highest BCUT2D eigenvalue weighted by atomic mass is 35.5. The number of benzene rings is 3. The fourth-order valence-electron chi connectivity index (χ4n) is 3.78. The number of hydrogen-bond acceptors (Lipinski definition) is 4. The molecule has 4 aromatic rings. The van der Waals surface area contributed by atoms with Crippen LogP contribution < -0.4 is 15.2 Å². The Bertz CT molecular complexity index is 1560. The van der Waals surface area contributed by atoms with E-state index in [1.165, 1.54) is 28.9 Å². The molecule has 1 amide bonds. The van der Waals surface area contributed by atoms with E-state index in [4.69, 9.17) is 11.6 Å². The lowest BCUT2D eigenvalue weighted by Crippen LogP contribution is -2.38. The van der Waals surface area contributed by atoms with Crippen molar-refractivity contribution in [2.45, 2.75) is 18.7 Å². The summed E-state index contributed by atoms with van der Waals surface area (Å²) in [7, 11) is -2.39. The van der Waals surface area contributed by atoms with Crippen molar-refractivity contribution < 1.29 is 13.2 Å². The van der Waals surface area contributed by atoms with Crippen molar-refractivity contribution in [3.8, 4) is 5.69 Å². The Hall–Kier alpha value is -3.82. The van der Waals surface area contributed by atoms with Crippen molar-refractivity contribution in [2.24, 2.45) is 7.05 Å². The molecule has 0 unspecified atom stereocenters. The van der Waals surface area contributed by atoms with Gasteiger partial charge in [0.15, 0.2) is 0 Å². The summed E-state index contributed by atoms with van der Waals surface area (Å²) in [6.45, 7) is 3.01. The monoisotopic (exact) mass is 524 g/mol. The number of nitrogens with zero attached hydrogens (tertiary/aromatic N) is 3. The van der Waals surface area contributed by atoms with Crippen LogP contribution >= 0.6 is 11.6 Å². The summed E-state index contributed by atoms with van der Waals surface area (Å²) in [4.78, 5) is 26.4. The van der Waals surface area contributed by atoms with Gasteiger partial charge in [-0.05, 0) is 62.4 Å². The van der Waals surface area contributed by atoms with Gasteiger partial charge in [-0.3, -0.25) is 18.6 Å². The molecular formula is C26H25ClN4O4S. The Balaban J connectivity index is 1.69. The molecule has 0 aliphatic carbocycles. The van der Waals surface area contributed by atoms with Crippen LogP contribution in [0.1, 0.15) is 11.3 Å². The number of carbonyl (C=O) groups excluding carboxylic acids is 1. The van der Waals surface area contributed by atoms with E-state index in [1.807, 2.05) is 25.1 Å². The minimum atomic E-state index is -4.10. The van der Waals surface area contributed by atoms with Gasteiger partial charge in [0.2, 0.25) is 5.91 Å². The molecule has 0 aliphatic heterocycles. The van der Waals surface area contributed by atoms with Crippen LogP contribution in [0, 0.1) is 13.8 Å². The number of carbonyl (C=O) groups is 1. The van der Waals surface area contributed by atoms with Gasteiger partial charge in [-0.25, -0.2) is 13.1 Å².